The largest absolute Gasteiger partial charge is 0.508 e. The van der Waals surface area contributed by atoms with E-state index in [2.05, 4.69) is 17.0 Å². The van der Waals surface area contributed by atoms with Gasteiger partial charge in [-0.25, -0.2) is 0 Å². The van der Waals surface area contributed by atoms with Gasteiger partial charge in [0.2, 0.25) is 11.8 Å². The Bertz CT molecular complexity index is 1420. The summed E-state index contributed by atoms with van der Waals surface area (Å²) in [5.41, 5.74) is 4.54. The van der Waals surface area contributed by atoms with Crippen LogP contribution in [-0.2, 0) is 20.9 Å². The lowest BCUT2D eigenvalue weighted by Gasteiger charge is -2.37. The SMILES string of the molecule is CC/C(=C\c1ccc(O)cc1Cl)CC[C@@H](O)C1=C(COC)C[C@H]2C(=O)N(C3CCN(Cc4ccccc4)CC3)C(=O)[C@H]2[C@H]1CO. The molecule has 242 valence electrons. The number of imide groups is 1. The smallest absolute Gasteiger partial charge is 0.234 e. The normalized spacial score (nSPS) is 24.0. The van der Waals surface area contributed by atoms with E-state index in [0.717, 1.165) is 55.6 Å². The lowest BCUT2D eigenvalue weighted by Crippen LogP contribution is -2.47. The number of phenolic OH excluding ortho intramolecular Hbond substituents is 1. The third-order valence-electron chi connectivity index (χ3n) is 9.80. The summed E-state index contributed by atoms with van der Waals surface area (Å²) in [5.74, 6) is -2.17. The molecule has 2 aromatic rings. The summed E-state index contributed by atoms with van der Waals surface area (Å²) < 4.78 is 5.51. The Morgan fingerprint density at radius 2 is 1.84 bits per heavy atom. The molecule has 2 saturated heterocycles. The zero-order chi connectivity index (χ0) is 32.1. The molecule has 1 aliphatic carbocycles. The van der Waals surface area contributed by atoms with Gasteiger partial charge in [0.1, 0.15) is 5.75 Å². The molecule has 2 aromatic carbocycles. The lowest BCUT2D eigenvalue weighted by atomic mass is 9.68. The fourth-order valence-electron chi connectivity index (χ4n) is 7.51. The quantitative estimate of drug-likeness (QED) is 0.217. The minimum atomic E-state index is -0.906. The first-order valence-corrected chi connectivity index (χ1v) is 16.4. The zero-order valence-electron chi connectivity index (χ0n) is 26.2. The first-order valence-electron chi connectivity index (χ1n) is 16.1. The van der Waals surface area contributed by atoms with Gasteiger partial charge in [0.05, 0.1) is 36.2 Å². The number of carbonyl (C=O) groups is 2. The zero-order valence-corrected chi connectivity index (χ0v) is 27.0. The highest BCUT2D eigenvalue weighted by Crippen LogP contribution is 2.47. The molecule has 8 nitrogen and oxygen atoms in total. The monoisotopic (exact) mass is 636 g/mol. The number of phenols is 1. The molecule has 45 heavy (non-hydrogen) atoms. The van der Waals surface area contributed by atoms with Crippen LogP contribution in [0.3, 0.4) is 0 Å². The summed E-state index contributed by atoms with van der Waals surface area (Å²) in [5, 5.41) is 32.4. The minimum absolute atomic E-state index is 0.0981. The van der Waals surface area contributed by atoms with Gasteiger partial charge >= 0.3 is 0 Å². The van der Waals surface area contributed by atoms with Crippen molar-refractivity contribution in [3.63, 3.8) is 0 Å². The number of nitrogens with zero attached hydrogens (tertiary/aromatic N) is 2. The number of hydrogen-bond acceptors (Lipinski definition) is 7. The summed E-state index contributed by atoms with van der Waals surface area (Å²) in [6.45, 7) is 4.38. The molecule has 0 bridgehead atoms. The summed E-state index contributed by atoms with van der Waals surface area (Å²) in [7, 11) is 1.58. The Morgan fingerprint density at radius 3 is 2.49 bits per heavy atom. The number of ether oxygens (including phenoxy) is 1. The molecule has 2 heterocycles. The van der Waals surface area contributed by atoms with Crippen molar-refractivity contribution in [3.8, 4) is 5.75 Å². The van der Waals surface area contributed by atoms with Gasteiger partial charge in [0.15, 0.2) is 0 Å². The van der Waals surface area contributed by atoms with Gasteiger partial charge < -0.3 is 20.1 Å². The molecule has 3 aliphatic rings. The number of likely N-dealkylation sites (tertiary alicyclic amines) is 2. The second kappa shape index (κ2) is 15.1. The van der Waals surface area contributed by atoms with Gasteiger partial charge in [-0.1, -0.05) is 60.5 Å². The molecule has 0 spiro atoms. The minimum Gasteiger partial charge on any atom is -0.508 e. The number of rotatable bonds is 12. The van der Waals surface area contributed by atoms with E-state index >= 15 is 0 Å². The molecular weight excluding hydrogens is 592 g/mol. The number of aliphatic hydroxyl groups is 2. The van der Waals surface area contributed by atoms with Crippen molar-refractivity contribution in [2.24, 2.45) is 17.8 Å². The van der Waals surface area contributed by atoms with Crippen LogP contribution in [0.5, 0.6) is 5.75 Å². The van der Waals surface area contributed by atoms with Crippen LogP contribution >= 0.6 is 11.6 Å². The standard InChI is InChI=1S/C36H45ClN2O6/c1-3-23(17-25-10-11-28(41)19-31(25)37)9-12-32(42)33-26(22-45-2)18-29-34(30(33)21-40)36(44)39(35(29)43)27-13-15-38(16-14-27)20-24-7-5-4-6-8-24/h4-8,10-11,17,19,27,29-30,32,34,40-42H,3,9,12-16,18,20-22H2,1-2H3/b23-17+/t29-,30+,32-,34-/m1/s1. The average molecular weight is 637 g/mol. The van der Waals surface area contributed by atoms with Crippen molar-refractivity contribution >= 4 is 29.5 Å². The Labute approximate surface area is 270 Å². The number of amides is 2. The lowest BCUT2D eigenvalue weighted by molar-refractivity contribution is -0.144. The number of piperidine rings is 1. The number of methoxy groups -OCH3 is 1. The molecule has 4 atom stereocenters. The molecule has 5 rings (SSSR count). The number of fused-ring (bicyclic) bond motifs is 1. The molecule has 3 N–H and O–H groups in total. The Hall–Kier alpha value is -3.01. The van der Waals surface area contributed by atoms with Crippen LogP contribution in [0.25, 0.3) is 6.08 Å². The van der Waals surface area contributed by atoms with Crippen LogP contribution in [0, 0.1) is 17.8 Å². The van der Waals surface area contributed by atoms with Crippen molar-refractivity contribution in [1.82, 2.24) is 9.80 Å². The van der Waals surface area contributed by atoms with Crippen molar-refractivity contribution in [2.45, 2.75) is 64.1 Å². The van der Waals surface area contributed by atoms with Gasteiger partial charge in [-0.2, -0.15) is 0 Å². The number of allylic oxidation sites excluding steroid dienone is 1. The van der Waals surface area contributed by atoms with Crippen molar-refractivity contribution in [1.29, 1.82) is 0 Å². The van der Waals surface area contributed by atoms with Crippen LogP contribution < -0.4 is 0 Å². The summed E-state index contributed by atoms with van der Waals surface area (Å²) in [6, 6.07) is 15.0. The van der Waals surface area contributed by atoms with E-state index < -0.39 is 23.9 Å². The van der Waals surface area contributed by atoms with Gasteiger partial charge in [-0.3, -0.25) is 19.4 Å². The Morgan fingerprint density at radius 1 is 1.11 bits per heavy atom. The Balaban J connectivity index is 1.30. The molecule has 0 saturated carbocycles. The van der Waals surface area contributed by atoms with E-state index in [-0.39, 0.29) is 36.8 Å². The van der Waals surface area contributed by atoms with Crippen LogP contribution in [0.1, 0.15) is 56.6 Å². The van der Waals surface area contributed by atoms with Crippen LogP contribution in [0.15, 0.2) is 65.3 Å². The van der Waals surface area contributed by atoms with Gasteiger partial charge in [0.25, 0.3) is 0 Å². The molecular formula is C36H45ClN2O6. The van der Waals surface area contributed by atoms with Gasteiger partial charge in [0, 0.05) is 38.7 Å². The molecule has 0 unspecified atom stereocenters. The second-order valence-electron chi connectivity index (χ2n) is 12.6. The van der Waals surface area contributed by atoms with E-state index in [9.17, 15) is 24.9 Å². The number of hydrogen-bond donors (Lipinski definition) is 3. The highest BCUT2D eigenvalue weighted by Gasteiger charge is 2.56. The first kappa shape index (κ1) is 33.4. The van der Waals surface area contributed by atoms with E-state index in [0.29, 0.717) is 29.9 Å². The number of halogens is 1. The van der Waals surface area contributed by atoms with Crippen molar-refractivity contribution in [2.75, 3.05) is 33.4 Å². The fraction of sp³-hybridized carbons (Fsp3) is 0.500. The van der Waals surface area contributed by atoms with E-state index in [1.54, 1.807) is 19.2 Å². The van der Waals surface area contributed by atoms with Crippen molar-refractivity contribution < 1.29 is 29.6 Å². The summed E-state index contributed by atoms with van der Waals surface area (Å²) >= 11 is 6.32. The van der Waals surface area contributed by atoms with E-state index in [4.69, 9.17) is 16.3 Å². The third-order valence-corrected chi connectivity index (χ3v) is 10.1. The van der Waals surface area contributed by atoms with Gasteiger partial charge in [-0.05, 0) is 79.0 Å². The highest BCUT2D eigenvalue weighted by molar-refractivity contribution is 6.32. The molecule has 2 amide bonds. The van der Waals surface area contributed by atoms with E-state index in [1.165, 1.54) is 16.5 Å². The predicted octanol–water partition coefficient (Wildman–Crippen LogP) is 5.20. The fourth-order valence-corrected chi connectivity index (χ4v) is 7.74. The maximum Gasteiger partial charge on any atom is 0.234 e. The van der Waals surface area contributed by atoms with Crippen molar-refractivity contribution in [3.05, 3.63) is 81.4 Å². The molecule has 2 fully saturated rings. The van der Waals surface area contributed by atoms with Crippen LogP contribution in [-0.4, -0.2) is 82.5 Å². The predicted molar refractivity (Wildman–Crippen MR) is 174 cm³/mol. The van der Waals surface area contributed by atoms with Crippen LogP contribution in [0.2, 0.25) is 5.02 Å². The summed E-state index contributed by atoms with van der Waals surface area (Å²) in [6.07, 6.45) is 4.56. The second-order valence-corrected chi connectivity index (χ2v) is 13.0. The highest BCUT2D eigenvalue weighted by atomic mass is 35.5. The maximum atomic E-state index is 14.0. The number of aliphatic hydroxyl groups excluding tert-OH is 2. The number of carbonyl (C=O) groups excluding carboxylic acids is 2. The average Bonchev–Trinajstić information content (AvgIpc) is 3.29. The Kier molecular flexibility index (Phi) is 11.2. The summed E-state index contributed by atoms with van der Waals surface area (Å²) in [4.78, 5) is 31.7. The molecule has 0 aromatic heterocycles. The number of benzene rings is 2. The third kappa shape index (κ3) is 7.36. The molecule has 0 radical (unpaired) electrons. The van der Waals surface area contributed by atoms with Crippen LogP contribution in [0.4, 0.5) is 0 Å². The van der Waals surface area contributed by atoms with Gasteiger partial charge in [-0.15, -0.1) is 0 Å². The van der Waals surface area contributed by atoms with E-state index in [1.807, 2.05) is 31.2 Å². The molecule has 2 aliphatic heterocycles. The first-order chi connectivity index (χ1) is 21.7. The number of aromatic hydroxyl groups is 1. The maximum absolute atomic E-state index is 14.0. The topological polar surface area (TPSA) is 111 Å². The molecule has 9 heteroatoms.